The molecule has 2 aromatic carbocycles. The van der Waals surface area contributed by atoms with Crippen LogP contribution >= 0.6 is 0 Å². The molecule has 2 N–H and O–H groups in total. The predicted octanol–water partition coefficient (Wildman–Crippen LogP) is 3.81. The molecule has 0 aliphatic rings. The largest absolute Gasteiger partial charge is 0.489 e. The van der Waals surface area contributed by atoms with E-state index >= 15 is 0 Å². The number of rotatable bonds is 4. The molecule has 3 rings (SSSR count). The van der Waals surface area contributed by atoms with E-state index < -0.39 is 0 Å². The fourth-order valence-electron chi connectivity index (χ4n) is 2.13. The van der Waals surface area contributed by atoms with Gasteiger partial charge in [0.2, 0.25) is 0 Å². The van der Waals surface area contributed by atoms with Gasteiger partial charge in [0.25, 0.3) is 0 Å². The number of ether oxygens (including phenoxy) is 1. The predicted molar refractivity (Wildman–Crippen MR) is 81.9 cm³/mol. The van der Waals surface area contributed by atoms with Crippen molar-refractivity contribution in [3.05, 3.63) is 65.9 Å². The van der Waals surface area contributed by atoms with Gasteiger partial charge in [-0.05, 0) is 19.1 Å². The fourth-order valence-corrected chi connectivity index (χ4v) is 2.13. The van der Waals surface area contributed by atoms with Crippen molar-refractivity contribution in [2.45, 2.75) is 13.5 Å². The van der Waals surface area contributed by atoms with Gasteiger partial charge in [-0.3, -0.25) is 0 Å². The van der Waals surface area contributed by atoms with Crippen LogP contribution in [-0.2, 0) is 6.61 Å². The third kappa shape index (κ3) is 2.89. The normalized spacial score (nSPS) is 10.5. The second kappa shape index (κ2) is 5.71. The lowest BCUT2D eigenvalue weighted by molar-refractivity contribution is 0.305. The monoisotopic (exact) mass is 280 g/mol. The first-order valence-electron chi connectivity index (χ1n) is 6.73. The second-order valence-electron chi connectivity index (χ2n) is 4.80. The van der Waals surface area contributed by atoms with E-state index in [2.05, 4.69) is 5.16 Å². The number of benzene rings is 2. The molecule has 0 bridgehead atoms. The van der Waals surface area contributed by atoms with Crippen LogP contribution in [0.2, 0.25) is 0 Å². The number of anilines is 1. The summed E-state index contributed by atoms with van der Waals surface area (Å²) < 4.78 is 11.2. The maximum atomic E-state index is 5.79. The van der Waals surface area contributed by atoms with Gasteiger partial charge in [0.1, 0.15) is 12.4 Å². The molecule has 0 saturated carbocycles. The maximum Gasteiger partial charge on any atom is 0.173 e. The summed E-state index contributed by atoms with van der Waals surface area (Å²) in [5.74, 6) is 1.48. The van der Waals surface area contributed by atoms with Gasteiger partial charge < -0.3 is 15.0 Å². The van der Waals surface area contributed by atoms with Crippen molar-refractivity contribution < 1.29 is 9.26 Å². The Labute approximate surface area is 123 Å². The number of nitrogens with zero attached hydrogens (tertiary/aromatic N) is 1. The molecule has 21 heavy (non-hydrogen) atoms. The Bertz CT molecular complexity index is 736. The third-order valence-corrected chi connectivity index (χ3v) is 3.26. The van der Waals surface area contributed by atoms with Crippen LogP contribution in [-0.4, -0.2) is 5.16 Å². The summed E-state index contributed by atoms with van der Waals surface area (Å²) in [7, 11) is 0. The topological polar surface area (TPSA) is 61.3 Å². The SMILES string of the molecule is Cc1noc(-c2ccccc2)c1COc1cccc(N)c1. The molecule has 1 heterocycles. The second-order valence-corrected chi connectivity index (χ2v) is 4.80. The maximum absolute atomic E-state index is 5.79. The van der Waals surface area contributed by atoms with Crippen LogP contribution in [0.25, 0.3) is 11.3 Å². The highest BCUT2D eigenvalue weighted by Crippen LogP contribution is 2.27. The summed E-state index contributed by atoms with van der Waals surface area (Å²) in [6, 6.07) is 17.2. The Morgan fingerprint density at radius 1 is 1.10 bits per heavy atom. The number of nitrogens with two attached hydrogens (primary N) is 1. The molecule has 0 aliphatic carbocycles. The van der Waals surface area contributed by atoms with Gasteiger partial charge in [-0.1, -0.05) is 41.6 Å². The lowest BCUT2D eigenvalue weighted by Crippen LogP contribution is -1.98. The first-order chi connectivity index (χ1) is 10.2. The summed E-state index contributed by atoms with van der Waals surface area (Å²) >= 11 is 0. The van der Waals surface area contributed by atoms with Crippen LogP contribution in [0, 0.1) is 6.92 Å². The highest BCUT2D eigenvalue weighted by molar-refractivity contribution is 5.61. The summed E-state index contributed by atoms with van der Waals surface area (Å²) in [5, 5.41) is 4.04. The number of hydrogen-bond acceptors (Lipinski definition) is 4. The Kier molecular flexibility index (Phi) is 3.60. The number of aromatic nitrogens is 1. The van der Waals surface area contributed by atoms with E-state index in [-0.39, 0.29) is 0 Å². The van der Waals surface area contributed by atoms with Gasteiger partial charge in [-0.25, -0.2) is 0 Å². The number of nitrogen functional groups attached to an aromatic ring is 1. The molecule has 4 heteroatoms. The Balaban J connectivity index is 1.84. The van der Waals surface area contributed by atoms with Gasteiger partial charge in [0, 0.05) is 17.3 Å². The Morgan fingerprint density at radius 2 is 1.90 bits per heavy atom. The molecule has 0 radical (unpaired) electrons. The van der Waals surface area contributed by atoms with E-state index in [0.29, 0.717) is 12.3 Å². The molecule has 3 aromatic rings. The van der Waals surface area contributed by atoms with E-state index in [1.165, 1.54) is 0 Å². The number of hydrogen-bond donors (Lipinski definition) is 1. The summed E-state index contributed by atoms with van der Waals surface area (Å²) in [5.41, 5.74) is 9.20. The third-order valence-electron chi connectivity index (χ3n) is 3.26. The average molecular weight is 280 g/mol. The summed E-state index contributed by atoms with van der Waals surface area (Å²) in [6.45, 7) is 2.30. The molecule has 0 amide bonds. The molecule has 4 nitrogen and oxygen atoms in total. The van der Waals surface area contributed by atoms with Gasteiger partial charge in [-0.2, -0.15) is 0 Å². The van der Waals surface area contributed by atoms with Crippen LogP contribution < -0.4 is 10.5 Å². The van der Waals surface area contributed by atoms with Crippen LogP contribution in [0.4, 0.5) is 5.69 Å². The van der Waals surface area contributed by atoms with Gasteiger partial charge in [-0.15, -0.1) is 0 Å². The van der Waals surface area contributed by atoms with Crippen molar-refractivity contribution in [1.29, 1.82) is 0 Å². The van der Waals surface area contributed by atoms with Gasteiger partial charge in [0.15, 0.2) is 5.76 Å². The molecule has 0 fully saturated rings. The van der Waals surface area contributed by atoms with Crippen LogP contribution in [0.1, 0.15) is 11.3 Å². The van der Waals surface area contributed by atoms with Crippen molar-refractivity contribution in [3.8, 4) is 17.1 Å². The summed E-state index contributed by atoms with van der Waals surface area (Å²) in [6.07, 6.45) is 0. The van der Waals surface area contributed by atoms with E-state index in [0.717, 1.165) is 28.3 Å². The molecule has 1 aromatic heterocycles. The highest BCUT2D eigenvalue weighted by Gasteiger charge is 2.15. The van der Waals surface area contributed by atoms with Crippen LogP contribution in [0.15, 0.2) is 59.1 Å². The zero-order valence-electron chi connectivity index (χ0n) is 11.7. The Morgan fingerprint density at radius 3 is 2.67 bits per heavy atom. The van der Waals surface area contributed by atoms with E-state index in [9.17, 15) is 0 Å². The molecular formula is C17H16N2O2. The van der Waals surface area contributed by atoms with E-state index in [1.807, 2.05) is 55.5 Å². The summed E-state index contributed by atoms with van der Waals surface area (Å²) in [4.78, 5) is 0. The fraction of sp³-hybridized carbons (Fsp3) is 0.118. The lowest BCUT2D eigenvalue weighted by atomic mass is 10.1. The van der Waals surface area contributed by atoms with Gasteiger partial charge >= 0.3 is 0 Å². The van der Waals surface area contributed by atoms with Crippen molar-refractivity contribution in [3.63, 3.8) is 0 Å². The molecule has 0 saturated heterocycles. The molecule has 0 aliphatic heterocycles. The van der Waals surface area contributed by atoms with Crippen LogP contribution in [0.3, 0.4) is 0 Å². The van der Waals surface area contributed by atoms with Crippen molar-refractivity contribution in [2.24, 2.45) is 0 Å². The van der Waals surface area contributed by atoms with Gasteiger partial charge in [0.05, 0.1) is 11.3 Å². The van der Waals surface area contributed by atoms with Crippen molar-refractivity contribution in [1.82, 2.24) is 5.16 Å². The van der Waals surface area contributed by atoms with Crippen molar-refractivity contribution >= 4 is 5.69 Å². The highest BCUT2D eigenvalue weighted by atomic mass is 16.5. The molecule has 0 spiro atoms. The minimum Gasteiger partial charge on any atom is -0.489 e. The average Bonchev–Trinajstić information content (AvgIpc) is 2.87. The minimum absolute atomic E-state index is 0.392. The smallest absolute Gasteiger partial charge is 0.173 e. The minimum atomic E-state index is 0.392. The van der Waals surface area contributed by atoms with E-state index in [1.54, 1.807) is 6.07 Å². The first kappa shape index (κ1) is 13.2. The lowest BCUT2D eigenvalue weighted by Gasteiger charge is -2.07. The number of aryl methyl sites for hydroxylation is 1. The molecular weight excluding hydrogens is 264 g/mol. The first-order valence-corrected chi connectivity index (χ1v) is 6.73. The van der Waals surface area contributed by atoms with Crippen LogP contribution in [0.5, 0.6) is 5.75 Å². The zero-order chi connectivity index (χ0) is 14.7. The Hall–Kier alpha value is -2.75. The molecule has 106 valence electrons. The van der Waals surface area contributed by atoms with Crippen molar-refractivity contribution in [2.75, 3.05) is 5.73 Å². The van der Waals surface area contributed by atoms with E-state index in [4.69, 9.17) is 15.0 Å². The molecule has 0 atom stereocenters. The standard InChI is InChI=1S/C17H16N2O2/c1-12-16(11-20-15-9-5-8-14(18)10-15)17(21-19-12)13-6-3-2-4-7-13/h2-10H,11,18H2,1H3. The zero-order valence-corrected chi connectivity index (χ0v) is 11.7. The quantitative estimate of drug-likeness (QED) is 0.738. The molecule has 0 unspecified atom stereocenters.